The molecule has 0 aliphatic heterocycles. The van der Waals surface area contributed by atoms with Gasteiger partial charge in [0.1, 0.15) is 0 Å². The van der Waals surface area contributed by atoms with Gasteiger partial charge in [-0.25, -0.2) is 0 Å². The molecule has 2 atom stereocenters. The summed E-state index contributed by atoms with van der Waals surface area (Å²) in [5.74, 6) is -0.0331. The van der Waals surface area contributed by atoms with Crippen LogP contribution in [0.2, 0.25) is 0 Å². The fourth-order valence-corrected chi connectivity index (χ4v) is 8.37. The summed E-state index contributed by atoms with van der Waals surface area (Å²) in [7, 11) is -3.94. The lowest BCUT2D eigenvalue weighted by molar-refractivity contribution is 0.103. The lowest BCUT2D eigenvalue weighted by Gasteiger charge is -2.28. The first-order chi connectivity index (χ1) is 15.8. The van der Waals surface area contributed by atoms with E-state index in [9.17, 15) is 14.2 Å². The molecule has 0 bridgehead atoms. The zero-order valence-corrected chi connectivity index (χ0v) is 24.9. The molecule has 0 aliphatic rings. The van der Waals surface area contributed by atoms with Gasteiger partial charge in [-0.15, -0.1) is 0 Å². The summed E-state index contributed by atoms with van der Waals surface area (Å²) < 4.78 is 14.8. The topological polar surface area (TPSA) is 51.2 Å². The van der Waals surface area contributed by atoms with Crippen LogP contribution >= 0.6 is 7.14 Å². The van der Waals surface area contributed by atoms with Gasteiger partial charge < -0.3 is 4.57 Å². The summed E-state index contributed by atoms with van der Waals surface area (Å²) in [5.41, 5.74) is 5.13. The maximum atomic E-state index is 14.8. The third-order valence-electron chi connectivity index (χ3n) is 6.69. The Morgan fingerprint density at radius 2 is 1.11 bits per heavy atom. The van der Waals surface area contributed by atoms with Gasteiger partial charge in [0.2, 0.25) is 18.2 Å². The van der Waals surface area contributed by atoms with Crippen molar-refractivity contribution in [3.63, 3.8) is 0 Å². The first-order valence-electron chi connectivity index (χ1n) is 12.7. The second-order valence-electron chi connectivity index (χ2n) is 12.9. The Morgan fingerprint density at radius 3 is 1.46 bits per heavy atom. The van der Waals surface area contributed by atoms with Gasteiger partial charge in [0.25, 0.3) is 0 Å². The van der Waals surface area contributed by atoms with Crippen LogP contribution in [0.1, 0.15) is 109 Å². The summed E-state index contributed by atoms with van der Waals surface area (Å²) in [4.78, 5) is 28.3. The molecule has 0 N–H and O–H groups in total. The second kappa shape index (κ2) is 10.2. The van der Waals surface area contributed by atoms with E-state index >= 15 is 0 Å². The molecule has 192 valence electrons. The first kappa shape index (κ1) is 29.2. The van der Waals surface area contributed by atoms with E-state index in [1.807, 2.05) is 65.8 Å². The van der Waals surface area contributed by atoms with Crippen molar-refractivity contribution in [3.8, 4) is 0 Å². The Labute approximate surface area is 213 Å². The molecular formula is C31H45O3P. The van der Waals surface area contributed by atoms with Gasteiger partial charge in [-0.3, -0.25) is 9.59 Å². The molecular weight excluding hydrogens is 451 g/mol. The van der Waals surface area contributed by atoms with Crippen molar-refractivity contribution in [2.75, 3.05) is 6.16 Å². The molecule has 0 fully saturated rings. The molecule has 0 saturated heterocycles. The van der Waals surface area contributed by atoms with Gasteiger partial charge in [-0.05, 0) is 85.6 Å². The predicted molar refractivity (Wildman–Crippen MR) is 150 cm³/mol. The summed E-state index contributed by atoms with van der Waals surface area (Å²) in [6.07, 6.45) is 0.874. The van der Waals surface area contributed by atoms with Crippen LogP contribution < -0.4 is 0 Å². The Morgan fingerprint density at radius 1 is 0.743 bits per heavy atom. The Balaban J connectivity index is 2.73. The quantitative estimate of drug-likeness (QED) is 0.360. The average Bonchev–Trinajstić information content (AvgIpc) is 2.63. The van der Waals surface area contributed by atoms with Crippen molar-refractivity contribution in [2.45, 2.75) is 94.9 Å². The van der Waals surface area contributed by atoms with E-state index in [-0.39, 0.29) is 22.9 Å². The number of carbonyl (C=O) groups excluding carboxylic acids is 2. The SMILES string of the molecule is Cc1cc(C)c(C(=O)P(=O)(CC(C)CC(C)(C)C)C(=O)c2c(C)cc(C(C)(C)C)cc2C)c(C)c1. The fraction of sp³-hybridized carbons (Fsp3) is 0.548. The summed E-state index contributed by atoms with van der Waals surface area (Å²) >= 11 is 0. The highest BCUT2D eigenvalue weighted by atomic mass is 31.2. The Kier molecular flexibility index (Phi) is 8.50. The van der Waals surface area contributed by atoms with E-state index < -0.39 is 18.2 Å². The number of carbonyl (C=O) groups is 2. The lowest BCUT2D eigenvalue weighted by Crippen LogP contribution is -2.22. The molecule has 2 rings (SSSR count). The molecule has 0 aromatic heterocycles. The van der Waals surface area contributed by atoms with Crippen LogP contribution in [0, 0.1) is 46.0 Å². The van der Waals surface area contributed by atoms with Crippen LogP contribution in [0.4, 0.5) is 0 Å². The van der Waals surface area contributed by atoms with Gasteiger partial charge >= 0.3 is 0 Å². The Bertz CT molecular complexity index is 1140. The van der Waals surface area contributed by atoms with Crippen LogP contribution in [0.3, 0.4) is 0 Å². The number of benzene rings is 2. The van der Waals surface area contributed by atoms with Crippen molar-refractivity contribution < 1.29 is 14.2 Å². The lowest BCUT2D eigenvalue weighted by atomic mass is 9.84. The highest BCUT2D eigenvalue weighted by Gasteiger charge is 2.44. The van der Waals surface area contributed by atoms with Crippen molar-refractivity contribution in [1.29, 1.82) is 0 Å². The number of hydrogen-bond donors (Lipinski definition) is 0. The molecule has 3 nitrogen and oxygen atoms in total. The van der Waals surface area contributed by atoms with Gasteiger partial charge in [-0.2, -0.15) is 0 Å². The minimum Gasteiger partial charge on any atom is -0.307 e. The molecule has 0 amide bonds. The average molecular weight is 497 g/mol. The zero-order chi connectivity index (χ0) is 27.1. The van der Waals surface area contributed by atoms with Crippen molar-refractivity contribution >= 4 is 18.2 Å². The van der Waals surface area contributed by atoms with Crippen LogP contribution in [-0.4, -0.2) is 17.2 Å². The van der Waals surface area contributed by atoms with E-state index in [1.165, 1.54) is 0 Å². The summed E-state index contributed by atoms with van der Waals surface area (Å²) in [6, 6.07) is 7.89. The maximum Gasteiger partial charge on any atom is 0.229 e. The van der Waals surface area contributed by atoms with E-state index in [4.69, 9.17) is 0 Å². The van der Waals surface area contributed by atoms with Gasteiger partial charge in [-0.1, -0.05) is 78.3 Å². The number of hydrogen-bond acceptors (Lipinski definition) is 3. The molecule has 2 aromatic carbocycles. The predicted octanol–water partition coefficient (Wildman–Crippen LogP) is 8.94. The maximum absolute atomic E-state index is 14.8. The first-order valence-corrected chi connectivity index (χ1v) is 14.6. The monoisotopic (exact) mass is 496 g/mol. The molecule has 4 heteroatoms. The standard InChI is InChI=1S/C31H45O3P/c1-19-13-21(3)26(22(4)14-19)28(32)35(34,18-20(2)17-30(7,8)9)29(33)27-23(5)15-25(16-24(27)6)31(10,11)12/h13-16,20H,17-18H2,1-12H3. The summed E-state index contributed by atoms with van der Waals surface area (Å²) in [6.45, 7) is 24.3. The smallest absolute Gasteiger partial charge is 0.229 e. The highest BCUT2D eigenvalue weighted by molar-refractivity contribution is 7.95. The minimum atomic E-state index is -3.94. The minimum absolute atomic E-state index is 0.00618. The molecule has 0 spiro atoms. The third kappa shape index (κ3) is 6.62. The summed E-state index contributed by atoms with van der Waals surface area (Å²) in [5, 5.41) is 0. The molecule has 2 aromatic rings. The van der Waals surface area contributed by atoms with Gasteiger partial charge in [0.05, 0.1) is 0 Å². The van der Waals surface area contributed by atoms with Crippen LogP contribution in [-0.2, 0) is 9.98 Å². The normalized spacial score (nSPS) is 15.0. The molecule has 0 radical (unpaired) electrons. The van der Waals surface area contributed by atoms with Gasteiger partial charge in [0, 0.05) is 17.3 Å². The van der Waals surface area contributed by atoms with E-state index in [0.29, 0.717) is 11.1 Å². The van der Waals surface area contributed by atoms with Crippen LogP contribution in [0.25, 0.3) is 0 Å². The van der Waals surface area contributed by atoms with Crippen LogP contribution in [0.15, 0.2) is 24.3 Å². The molecule has 2 unspecified atom stereocenters. The van der Waals surface area contributed by atoms with Crippen molar-refractivity contribution in [2.24, 2.45) is 11.3 Å². The van der Waals surface area contributed by atoms with Crippen molar-refractivity contribution in [3.05, 3.63) is 68.8 Å². The second-order valence-corrected chi connectivity index (χ2v) is 15.6. The van der Waals surface area contributed by atoms with Crippen molar-refractivity contribution in [1.82, 2.24) is 0 Å². The molecule has 0 aliphatic carbocycles. The molecule has 35 heavy (non-hydrogen) atoms. The van der Waals surface area contributed by atoms with E-state index in [2.05, 4.69) is 41.5 Å². The number of aryl methyl sites for hydroxylation is 5. The van der Waals surface area contributed by atoms with Crippen LogP contribution in [0.5, 0.6) is 0 Å². The van der Waals surface area contributed by atoms with E-state index in [0.717, 1.165) is 39.8 Å². The zero-order valence-electron chi connectivity index (χ0n) is 24.0. The molecule has 0 saturated carbocycles. The third-order valence-corrected chi connectivity index (χ3v) is 9.59. The largest absolute Gasteiger partial charge is 0.307 e. The Hall–Kier alpha value is -1.99. The highest BCUT2D eigenvalue weighted by Crippen LogP contribution is 2.55. The van der Waals surface area contributed by atoms with E-state index in [1.54, 1.807) is 0 Å². The number of rotatable bonds is 7. The fourth-order valence-electron chi connectivity index (χ4n) is 5.42. The van der Waals surface area contributed by atoms with Gasteiger partial charge in [0.15, 0.2) is 0 Å². The molecule has 0 heterocycles.